The van der Waals surface area contributed by atoms with Crippen molar-refractivity contribution in [3.05, 3.63) is 32.7 Å². The highest BCUT2D eigenvalue weighted by Gasteiger charge is 2.19. The van der Waals surface area contributed by atoms with Gasteiger partial charge in [-0.25, -0.2) is 0 Å². The van der Waals surface area contributed by atoms with E-state index < -0.39 is 0 Å². The summed E-state index contributed by atoms with van der Waals surface area (Å²) in [5, 5.41) is 0.864. The molecule has 23 heavy (non-hydrogen) atoms. The van der Waals surface area contributed by atoms with E-state index in [1.165, 1.54) is 6.08 Å². The lowest BCUT2D eigenvalue weighted by Crippen LogP contribution is -2.32. The van der Waals surface area contributed by atoms with Gasteiger partial charge in [0.1, 0.15) is 16.8 Å². The van der Waals surface area contributed by atoms with Gasteiger partial charge in [-0.2, -0.15) is 0 Å². The third-order valence-electron chi connectivity index (χ3n) is 3.76. The summed E-state index contributed by atoms with van der Waals surface area (Å²) in [6.07, 6.45) is 3.78. The van der Waals surface area contributed by atoms with Gasteiger partial charge in [0.2, 0.25) is 0 Å². The zero-order chi connectivity index (χ0) is 16.8. The molecule has 2 rings (SSSR count). The smallest absolute Gasteiger partial charge is 0.156 e. The second-order valence-electron chi connectivity index (χ2n) is 5.58. The number of likely N-dealkylation sites (tertiary alicyclic amines) is 1. The molecule has 1 heterocycles. The third kappa shape index (κ3) is 6.24. The molecule has 0 unspecified atom stereocenters. The van der Waals surface area contributed by atoms with Crippen LogP contribution >= 0.6 is 46.4 Å². The molecule has 1 saturated heterocycles. The first-order valence-electron chi connectivity index (χ1n) is 7.40. The van der Waals surface area contributed by atoms with E-state index in [1.807, 2.05) is 0 Å². The van der Waals surface area contributed by atoms with E-state index in [-0.39, 0.29) is 11.1 Å². The van der Waals surface area contributed by atoms with Gasteiger partial charge < -0.3 is 14.4 Å². The quantitative estimate of drug-likeness (QED) is 0.639. The molecule has 0 bridgehead atoms. The lowest BCUT2D eigenvalue weighted by atomic mass is 9.98. The van der Waals surface area contributed by atoms with Crippen molar-refractivity contribution in [1.29, 1.82) is 0 Å². The van der Waals surface area contributed by atoms with Gasteiger partial charge in [0, 0.05) is 12.1 Å². The van der Waals surface area contributed by atoms with Gasteiger partial charge in [0.05, 0.1) is 16.7 Å². The summed E-state index contributed by atoms with van der Waals surface area (Å²) in [5.41, 5.74) is 0. The van der Waals surface area contributed by atoms with Gasteiger partial charge in [0.25, 0.3) is 0 Å². The van der Waals surface area contributed by atoms with Crippen molar-refractivity contribution in [2.75, 3.05) is 33.4 Å². The van der Waals surface area contributed by atoms with E-state index >= 15 is 0 Å². The summed E-state index contributed by atoms with van der Waals surface area (Å²) in [7, 11) is 2.14. The maximum Gasteiger partial charge on any atom is 0.156 e. The molecule has 0 N–H and O–H groups in total. The molecule has 1 aliphatic rings. The van der Waals surface area contributed by atoms with E-state index in [0.29, 0.717) is 34.1 Å². The van der Waals surface area contributed by atoms with Gasteiger partial charge in [-0.3, -0.25) is 0 Å². The van der Waals surface area contributed by atoms with Crippen LogP contribution < -0.4 is 9.47 Å². The Balaban J connectivity index is 1.93. The van der Waals surface area contributed by atoms with Crippen molar-refractivity contribution in [1.82, 2.24) is 4.90 Å². The van der Waals surface area contributed by atoms with E-state index in [4.69, 9.17) is 55.9 Å². The molecule has 1 aliphatic heterocycles. The zero-order valence-electron chi connectivity index (χ0n) is 12.8. The molecule has 0 amide bonds. The van der Waals surface area contributed by atoms with Crippen LogP contribution in [0.2, 0.25) is 10.0 Å². The molecular weight excluding hydrogens is 380 g/mol. The molecule has 0 radical (unpaired) electrons. The number of piperidine rings is 1. The van der Waals surface area contributed by atoms with Crippen LogP contribution in [0.15, 0.2) is 22.7 Å². The summed E-state index contributed by atoms with van der Waals surface area (Å²) >= 11 is 23.6. The van der Waals surface area contributed by atoms with Gasteiger partial charge in [0.15, 0.2) is 5.75 Å². The zero-order valence-corrected chi connectivity index (χ0v) is 15.9. The van der Waals surface area contributed by atoms with Crippen molar-refractivity contribution in [2.24, 2.45) is 5.92 Å². The fraction of sp³-hybridized carbons (Fsp3) is 0.500. The second kappa shape index (κ2) is 9.24. The number of rotatable bonds is 6. The maximum atomic E-state index is 6.25. The summed E-state index contributed by atoms with van der Waals surface area (Å²) in [5.74, 6) is 1.58. The van der Waals surface area contributed by atoms with E-state index in [2.05, 4.69) is 11.9 Å². The molecule has 128 valence electrons. The third-order valence-corrected chi connectivity index (χ3v) is 4.63. The normalized spacial score (nSPS) is 16.2. The molecule has 3 nitrogen and oxygen atoms in total. The number of halogens is 4. The minimum absolute atomic E-state index is 0.153. The van der Waals surface area contributed by atoms with E-state index in [1.54, 1.807) is 12.1 Å². The van der Waals surface area contributed by atoms with Crippen LogP contribution in [0, 0.1) is 5.92 Å². The number of benzene rings is 1. The SMILES string of the molecule is CN1CCC(COc2c(Cl)cc(OCC=C(Cl)Cl)cc2Cl)CC1. The molecule has 7 heteroatoms. The average molecular weight is 399 g/mol. The van der Waals surface area contributed by atoms with Crippen LogP contribution in [0.1, 0.15) is 12.8 Å². The Labute approximate surface area is 157 Å². The van der Waals surface area contributed by atoms with Crippen molar-refractivity contribution in [2.45, 2.75) is 12.8 Å². The predicted molar refractivity (Wildman–Crippen MR) is 97.5 cm³/mol. The lowest BCUT2D eigenvalue weighted by Gasteiger charge is -2.29. The maximum absolute atomic E-state index is 6.25. The molecular formula is C16H19Cl4NO2. The van der Waals surface area contributed by atoms with E-state index in [9.17, 15) is 0 Å². The van der Waals surface area contributed by atoms with Crippen LogP contribution in [0.5, 0.6) is 11.5 Å². The summed E-state index contributed by atoms with van der Waals surface area (Å²) in [6, 6.07) is 3.35. The van der Waals surface area contributed by atoms with Gasteiger partial charge in [-0.15, -0.1) is 0 Å². The van der Waals surface area contributed by atoms with E-state index in [0.717, 1.165) is 25.9 Å². The summed E-state index contributed by atoms with van der Waals surface area (Å²) in [6.45, 7) is 3.06. The Morgan fingerprint density at radius 1 is 1.17 bits per heavy atom. The standard InChI is InChI=1S/C16H19Cl4NO2/c1-21-5-2-11(3-6-21)10-23-16-13(17)8-12(9-14(16)18)22-7-4-15(19)20/h4,8-9,11H,2-3,5-7,10H2,1H3. The highest BCUT2D eigenvalue weighted by atomic mass is 35.5. The molecule has 0 atom stereocenters. The Hall–Kier alpha value is -0.320. The highest BCUT2D eigenvalue weighted by Crippen LogP contribution is 2.37. The first-order valence-corrected chi connectivity index (χ1v) is 8.91. The average Bonchev–Trinajstić information content (AvgIpc) is 2.48. The Morgan fingerprint density at radius 2 is 1.78 bits per heavy atom. The molecule has 0 saturated carbocycles. The van der Waals surface area contributed by atoms with Crippen LogP contribution in [0.3, 0.4) is 0 Å². The van der Waals surface area contributed by atoms with Gasteiger partial charge in [-0.1, -0.05) is 46.4 Å². The van der Waals surface area contributed by atoms with Gasteiger partial charge in [-0.05, 0) is 45.0 Å². The Morgan fingerprint density at radius 3 is 2.35 bits per heavy atom. The second-order valence-corrected chi connectivity index (χ2v) is 7.40. The molecule has 1 aromatic carbocycles. The largest absolute Gasteiger partial charge is 0.490 e. The molecule has 0 aliphatic carbocycles. The molecule has 1 fully saturated rings. The minimum atomic E-state index is 0.153. The minimum Gasteiger partial charge on any atom is -0.490 e. The lowest BCUT2D eigenvalue weighted by molar-refractivity contribution is 0.160. The van der Waals surface area contributed by atoms with Crippen LogP contribution in [-0.2, 0) is 0 Å². The Bertz CT molecular complexity index is 530. The topological polar surface area (TPSA) is 21.7 Å². The van der Waals surface area contributed by atoms with Crippen LogP contribution in [0.4, 0.5) is 0 Å². The number of ether oxygens (including phenoxy) is 2. The van der Waals surface area contributed by atoms with Crippen molar-refractivity contribution in [3.8, 4) is 11.5 Å². The molecule has 1 aromatic rings. The van der Waals surface area contributed by atoms with Crippen LogP contribution in [-0.4, -0.2) is 38.3 Å². The fourth-order valence-electron chi connectivity index (χ4n) is 2.39. The first-order chi connectivity index (χ1) is 11.0. The summed E-state index contributed by atoms with van der Waals surface area (Å²) < 4.78 is 11.5. The number of hydrogen-bond donors (Lipinski definition) is 0. The fourth-order valence-corrected chi connectivity index (χ4v) is 3.09. The van der Waals surface area contributed by atoms with Crippen molar-refractivity contribution < 1.29 is 9.47 Å². The predicted octanol–water partition coefficient (Wildman–Crippen LogP) is 5.41. The van der Waals surface area contributed by atoms with Crippen LogP contribution in [0.25, 0.3) is 0 Å². The Kier molecular flexibility index (Phi) is 7.64. The van der Waals surface area contributed by atoms with Crippen molar-refractivity contribution >= 4 is 46.4 Å². The summed E-state index contributed by atoms with van der Waals surface area (Å²) in [4.78, 5) is 2.32. The first kappa shape index (κ1) is 19.0. The molecule has 0 spiro atoms. The number of hydrogen-bond acceptors (Lipinski definition) is 3. The van der Waals surface area contributed by atoms with Crippen molar-refractivity contribution in [3.63, 3.8) is 0 Å². The molecule has 0 aromatic heterocycles. The number of nitrogens with zero attached hydrogens (tertiary/aromatic N) is 1. The highest BCUT2D eigenvalue weighted by molar-refractivity contribution is 6.55. The van der Waals surface area contributed by atoms with Gasteiger partial charge >= 0.3 is 0 Å². The monoisotopic (exact) mass is 397 g/mol.